The number of carbonyl (C=O) groups excluding carboxylic acids is 1. The van der Waals surface area contributed by atoms with Crippen LogP contribution in [0.15, 0.2) is 102 Å². The number of carbonyl (C=O) groups is 1. The van der Waals surface area contributed by atoms with Crippen molar-refractivity contribution in [2.75, 3.05) is 23.1 Å². The van der Waals surface area contributed by atoms with Gasteiger partial charge < -0.3 is 10.1 Å². The molecule has 0 aliphatic rings. The van der Waals surface area contributed by atoms with Crippen molar-refractivity contribution < 1.29 is 17.9 Å². The van der Waals surface area contributed by atoms with E-state index in [4.69, 9.17) is 27.9 Å². The van der Waals surface area contributed by atoms with E-state index in [0.29, 0.717) is 45.3 Å². The standard InChI is InChI=1S/C30H28Cl2N2O4S2/c1-22-7-14-27(15-8-22)40(36,37)34(24-10-12-26(13-11-24)38-25-5-3-2-4-6-25)20-30(35)33-17-18-39-21-23-9-16-28(31)29(32)19-23/h2-16,19H,17-18,20-21H2,1H3,(H,33,35). The number of nitrogens with one attached hydrogen (secondary N) is 1. The van der Waals surface area contributed by atoms with Crippen molar-refractivity contribution in [1.82, 2.24) is 5.32 Å². The van der Waals surface area contributed by atoms with E-state index in [1.807, 2.05) is 49.4 Å². The summed E-state index contributed by atoms with van der Waals surface area (Å²) in [6.45, 7) is 1.90. The fourth-order valence-electron chi connectivity index (χ4n) is 3.73. The lowest BCUT2D eigenvalue weighted by Gasteiger charge is -2.24. The second-order valence-corrected chi connectivity index (χ2v) is 12.7. The van der Waals surface area contributed by atoms with Crippen LogP contribution in [0, 0.1) is 6.92 Å². The van der Waals surface area contributed by atoms with E-state index in [9.17, 15) is 13.2 Å². The van der Waals surface area contributed by atoms with Gasteiger partial charge in [-0.05, 0) is 73.2 Å². The average Bonchev–Trinajstić information content (AvgIpc) is 2.95. The van der Waals surface area contributed by atoms with Gasteiger partial charge in [0.2, 0.25) is 5.91 Å². The monoisotopic (exact) mass is 614 g/mol. The Labute approximate surface area is 249 Å². The lowest BCUT2D eigenvalue weighted by Crippen LogP contribution is -2.41. The minimum Gasteiger partial charge on any atom is -0.457 e. The number of para-hydroxylation sites is 1. The van der Waals surface area contributed by atoms with Gasteiger partial charge in [-0.1, -0.05) is 65.2 Å². The second-order valence-electron chi connectivity index (χ2n) is 8.88. The Morgan fingerprint density at radius 3 is 2.23 bits per heavy atom. The van der Waals surface area contributed by atoms with E-state index >= 15 is 0 Å². The van der Waals surface area contributed by atoms with Crippen LogP contribution >= 0.6 is 35.0 Å². The Bertz CT molecular complexity index is 1530. The highest BCUT2D eigenvalue weighted by atomic mass is 35.5. The highest BCUT2D eigenvalue weighted by Crippen LogP contribution is 2.28. The molecule has 1 N–H and O–H groups in total. The number of anilines is 1. The van der Waals surface area contributed by atoms with Gasteiger partial charge in [-0.15, -0.1) is 0 Å². The molecule has 4 rings (SSSR count). The number of sulfonamides is 1. The topological polar surface area (TPSA) is 75.7 Å². The third-order valence-electron chi connectivity index (χ3n) is 5.82. The van der Waals surface area contributed by atoms with Gasteiger partial charge in [-0.2, -0.15) is 11.8 Å². The van der Waals surface area contributed by atoms with Crippen LogP contribution in [0.5, 0.6) is 11.5 Å². The van der Waals surface area contributed by atoms with E-state index in [1.54, 1.807) is 66.4 Å². The molecule has 0 unspecified atom stereocenters. The van der Waals surface area contributed by atoms with Crippen LogP contribution in [0.3, 0.4) is 0 Å². The molecule has 0 aliphatic carbocycles. The van der Waals surface area contributed by atoms with Crippen LogP contribution < -0.4 is 14.4 Å². The maximum Gasteiger partial charge on any atom is 0.264 e. The first kappa shape index (κ1) is 29.8. The van der Waals surface area contributed by atoms with E-state index in [-0.39, 0.29) is 11.4 Å². The molecule has 0 atom stereocenters. The Hall–Kier alpha value is -3.17. The summed E-state index contributed by atoms with van der Waals surface area (Å²) in [5, 5.41) is 3.84. The van der Waals surface area contributed by atoms with Crippen LogP contribution in [0.1, 0.15) is 11.1 Å². The summed E-state index contributed by atoms with van der Waals surface area (Å²) < 4.78 is 34.2. The molecule has 0 bridgehead atoms. The van der Waals surface area contributed by atoms with Crippen LogP contribution in [0.4, 0.5) is 5.69 Å². The number of nitrogens with zero attached hydrogens (tertiary/aromatic N) is 1. The quantitative estimate of drug-likeness (QED) is 0.169. The molecule has 0 spiro atoms. The van der Waals surface area contributed by atoms with Crippen molar-refractivity contribution in [3.05, 3.63) is 118 Å². The van der Waals surface area contributed by atoms with Crippen LogP contribution in [0.25, 0.3) is 0 Å². The summed E-state index contributed by atoms with van der Waals surface area (Å²) >= 11 is 13.7. The van der Waals surface area contributed by atoms with Gasteiger partial charge in [0.1, 0.15) is 18.0 Å². The van der Waals surface area contributed by atoms with Gasteiger partial charge in [0.15, 0.2) is 0 Å². The number of aryl methyl sites for hydroxylation is 1. The molecule has 208 valence electrons. The predicted molar refractivity (Wildman–Crippen MR) is 164 cm³/mol. The van der Waals surface area contributed by atoms with E-state index < -0.39 is 15.9 Å². The molecule has 0 aromatic heterocycles. The molecule has 40 heavy (non-hydrogen) atoms. The van der Waals surface area contributed by atoms with Gasteiger partial charge in [0, 0.05) is 18.1 Å². The number of rotatable bonds is 12. The minimum absolute atomic E-state index is 0.104. The number of benzene rings is 4. The minimum atomic E-state index is -4.01. The highest BCUT2D eigenvalue weighted by Gasteiger charge is 2.27. The zero-order valence-corrected chi connectivity index (χ0v) is 24.9. The first-order valence-electron chi connectivity index (χ1n) is 12.4. The smallest absolute Gasteiger partial charge is 0.264 e. The largest absolute Gasteiger partial charge is 0.457 e. The van der Waals surface area contributed by atoms with Gasteiger partial charge >= 0.3 is 0 Å². The average molecular weight is 616 g/mol. The fourth-order valence-corrected chi connectivity index (χ4v) is 6.27. The third kappa shape index (κ3) is 8.17. The molecule has 0 fully saturated rings. The summed E-state index contributed by atoms with van der Waals surface area (Å²) in [4.78, 5) is 13.0. The number of ether oxygens (including phenoxy) is 1. The molecule has 0 heterocycles. The molecule has 0 radical (unpaired) electrons. The molecule has 10 heteroatoms. The number of hydrogen-bond donors (Lipinski definition) is 1. The number of halogens is 2. The predicted octanol–water partition coefficient (Wildman–Crippen LogP) is 7.34. The molecule has 6 nitrogen and oxygen atoms in total. The van der Waals surface area contributed by atoms with Gasteiger partial charge in [-0.3, -0.25) is 9.10 Å². The highest BCUT2D eigenvalue weighted by molar-refractivity contribution is 7.98. The zero-order valence-electron chi connectivity index (χ0n) is 21.7. The number of hydrogen-bond acceptors (Lipinski definition) is 5. The Balaban J connectivity index is 1.42. The number of thioether (sulfide) groups is 1. The Kier molecular flexibility index (Phi) is 10.4. The lowest BCUT2D eigenvalue weighted by atomic mass is 10.2. The van der Waals surface area contributed by atoms with Crippen LogP contribution in [-0.2, 0) is 20.6 Å². The summed E-state index contributed by atoms with van der Waals surface area (Å²) in [6.07, 6.45) is 0. The van der Waals surface area contributed by atoms with E-state index in [1.165, 1.54) is 0 Å². The SMILES string of the molecule is Cc1ccc(S(=O)(=O)N(CC(=O)NCCSCc2ccc(Cl)c(Cl)c2)c2ccc(Oc3ccccc3)cc2)cc1. The lowest BCUT2D eigenvalue weighted by molar-refractivity contribution is -0.119. The molecular weight excluding hydrogens is 587 g/mol. The maximum atomic E-state index is 13.6. The van der Waals surface area contributed by atoms with Crippen molar-refractivity contribution in [3.8, 4) is 11.5 Å². The molecule has 0 aliphatic heterocycles. The fraction of sp³-hybridized carbons (Fsp3) is 0.167. The molecule has 0 saturated carbocycles. The zero-order chi connectivity index (χ0) is 28.5. The Morgan fingerprint density at radius 1 is 0.875 bits per heavy atom. The molecule has 1 amide bonds. The van der Waals surface area contributed by atoms with Crippen molar-refractivity contribution >= 4 is 56.6 Å². The number of amides is 1. The van der Waals surface area contributed by atoms with Crippen LogP contribution in [0.2, 0.25) is 10.0 Å². The van der Waals surface area contributed by atoms with Gasteiger partial charge in [0.05, 0.1) is 20.6 Å². The van der Waals surface area contributed by atoms with Crippen molar-refractivity contribution in [3.63, 3.8) is 0 Å². The van der Waals surface area contributed by atoms with Crippen molar-refractivity contribution in [1.29, 1.82) is 0 Å². The van der Waals surface area contributed by atoms with Crippen molar-refractivity contribution in [2.24, 2.45) is 0 Å². The molecule has 4 aromatic rings. The first-order chi connectivity index (χ1) is 19.2. The van der Waals surface area contributed by atoms with Gasteiger partial charge in [0.25, 0.3) is 10.0 Å². The molecule has 0 saturated heterocycles. The first-order valence-corrected chi connectivity index (χ1v) is 15.8. The van der Waals surface area contributed by atoms with E-state index in [0.717, 1.165) is 15.4 Å². The summed E-state index contributed by atoms with van der Waals surface area (Å²) in [6, 6.07) is 27.9. The summed E-state index contributed by atoms with van der Waals surface area (Å²) in [5.41, 5.74) is 2.31. The molecular formula is C30H28Cl2N2O4S2. The maximum absolute atomic E-state index is 13.6. The van der Waals surface area contributed by atoms with Gasteiger partial charge in [-0.25, -0.2) is 8.42 Å². The Morgan fingerprint density at radius 2 is 1.55 bits per heavy atom. The summed E-state index contributed by atoms with van der Waals surface area (Å²) in [5.74, 6) is 2.15. The van der Waals surface area contributed by atoms with Crippen LogP contribution in [-0.4, -0.2) is 33.2 Å². The normalized spacial score (nSPS) is 11.2. The summed E-state index contributed by atoms with van der Waals surface area (Å²) in [7, 11) is -4.01. The van der Waals surface area contributed by atoms with E-state index in [2.05, 4.69) is 5.32 Å². The third-order valence-corrected chi connectivity index (χ3v) is 9.38. The van der Waals surface area contributed by atoms with Crippen molar-refractivity contribution in [2.45, 2.75) is 17.6 Å². The molecule has 4 aromatic carbocycles. The second kappa shape index (κ2) is 13.9.